The van der Waals surface area contributed by atoms with Crippen LogP contribution in [-0.2, 0) is 6.18 Å². The van der Waals surface area contributed by atoms with Crippen LogP contribution in [0.25, 0.3) is 5.69 Å². The molecule has 2 heterocycles. The Bertz CT molecular complexity index is 1050. The number of aromatic nitrogens is 4. The second kappa shape index (κ2) is 8.17. The summed E-state index contributed by atoms with van der Waals surface area (Å²) >= 11 is 1.37. The van der Waals surface area contributed by atoms with Gasteiger partial charge in [0.1, 0.15) is 5.01 Å². The molecule has 0 unspecified atom stereocenters. The standard InChI is InChI=1S/C20H20F3N5OS/c1-12-16(11-24-28(12)15-9-5-8-14(10-15)20(21,22)23)17(29)25-19-27-26-18(30-19)13-6-3-2-4-7-13/h5,8-11,13H,2-4,6-7H2,1H3,(H,25,27,29). The molecule has 1 saturated carbocycles. The van der Waals surface area contributed by atoms with E-state index < -0.39 is 17.6 Å². The van der Waals surface area contributed by atoms with Crippen LogP contribution in [0.4, 0.5) is 18.3 Å². The van der Waals surface area contributed by atoms with Crippen LogP contribution < -0.4 is 5.32 Å². The van der Waals surface area contributed by atoms with E-state index in [0.29, 0.717) is 16.7 Å². The number of carbonyl (C=O) groups excluding carboxylic acids is 1. The Morgan fingerprint density at radius 2 is 1.97 bits per heavy atom. The molecule has 3 aromatic rings. The van der Waals surface area contributed by atoms with Crippen molar-refractivity contribution in [2.45, 2.75) is 51.1 Å². The fourth-order valence-corrected chi connectivity index (χ4v) is 4.58. The van der Waals surface area contributed by atoms with Gasteiger partial charge in [-0.05, 0) is 38.0 Å². The molecule has 158 valence electrons. The van der Waals surface area contributed by atoms with Crippen molar-refractivity contribution in [3.8, 4) is 5.69 Å². The van der Waals surface area contributed by atoms with E-state index in [-0.39, 0.29) is 11.3 Å². The molecule has 1 aliphatic carbocycles. The summed E-state index contributed by atoms with van der Waals surface area (Å²) < 4.78 is 40.3. The quantitative estimate of drug-likeness (QED) is 0.600. The number of amides is 1. The summed E-state index contributed by atoms with van der Waals surface area (Å²) in [7, 11) is 0. The van der Waals surface area contributed by atoms with Crippen molar-refractivity contribution < 1.29 is 18.0 Å². The topological polar surface area (TPSA) is 72.7 Å². The van der Waals surface area contributed by atoms with Crippen LogP contribution in [0.1, 0.15) is 64.6 Å². The molecule has 0 aliphatic heterocycles. The lowest BCUT2D eigenvalue weighted by Crippen LogP contribution is -2.13. The molecular formula is C20H20F3N5OS. The van der Waals surface area contributed by atoms with E-state index in [1.165, 1.54) is 53.6 Å². The van der Waals surface area contributed by atoms with Crippen molar-refractivity contribution in [1.29, 1.82) is 0 Å². The number of anilines is 1. The molecule has 1 fully saturated rings. The lowest BCUT2D eigenvalue weighted by atomic mass is 9.90. The monoisotopic (exact) mass is 435 g/mol. The maximum atomic E-state index is 13.0. The predicted octanol–water partition coefficient (Wildman–Crippen LogP) is 5.35. The molecule has 0 spiro atoms. The third-order valence-electron chi connectivity index (χ3n) is 5.29. The normalized spacial score (nSPS) is 15.3. The molecule has 10 heteroatoms. The highest BCUT2D eigenvalue weighted by molar-refractivity contribution is 7.15. The molecule has 30 heavy (non-hydrogen) atoms. The van der Waals surface area contributed by atoms with Gasteiger partial charge in [-0.25, -0.2) is 4.68 Å². The van der Waals surface area contributed by atoms with Crippen LogP contribution in [0.5, 0.6) is 0 Å². The minimum absolute atomic E-state index is 0.233. The number of hydrogen-bond acceptors (Lipinski definition) is 5. The van der Waals surface area contributed by atoms with Crippen LogP contribution in [0.2, 0.25) is 0 Å². The van der Waals surface area contributed by atoms with Crippen LogP contribution in [-0.4, -0.2) is 25.9 Å². The molecule has 0 atom stereocenters. The number of nitrogens with one attached hydrogen (secondary N) is 1. The average Bonchev–Trinajstić information content (AvgIpc) is 3.35. The van der Waals surface area contributed by atoms with Crippen LogP contribution in [0.3, 0.4) is 0 Å². The minimum atomic E-state index is -4.45. The molecule has 4 rings (SSSR count). The van der Waals surface area contributed by atoms with Gasteiger partial charge in [0.25, 0.3) is 5.91 Å². The number of alkyl halides is 3. The predicted molar refractivity (Wildman–Crippen MR) is 107 cm³/mol. The van der Waals surface area contributed by atoms with Crippen molar-refractivity contribution in [2.24, 2.45) is 0 Å². The highest BCUT2D eigenvalue weighted by atomic mass is 32.1. The number of hydrogen-bond donors (Lipinski definition) is 1. The summed E-state index contributed by atoms with van der Waals surface area (Å²) in [5.41, 5.74) is 0.160. The van der Waals surface area contributed by atoms with E-state index in [1.54, 1.807) is 6.92 Å². The molecule has 1 amide bonds. The summed E-state index contributed by atoms with van der Waals surface area (Å²) in [5.74, 6) is -0.0237. The largest absolute Gasteiger partial charge is 0.416 e. The molecule has 0 radical (unpaired) electrons. The van der Waals surface area contributed by atoms with Gasteiger partial charge in [-0.1, -0.05) is 36.7 Å². The van der Waals surface area contributed by atoms with Gasteiger partial charge in [0, 0.05) is 5.92 Å². The van der Waals surface area contributed by atoms with Gasteiger partial charge in [0.15, 0.2) is 0 Å². The minimum Gasteiger partial charge on any atom is -0.296 e. The highest BCUT2D eigenvalue weighted by Crippen LogP contribution is 2.35. The first-order valence-corrected chi connectivity index (χ1v) is 10.5. The Morgan fingerprint density at radius 3 is 2.70 bits per heavy atom. The van der Waals surface area contributed by atoms with E-state index in [4.69, 9.17) is 0 Å². The zero-order valence-electron chi connectivity index (χ0n) is 16.2. The second-order valence-corrected chi connectivity index (χ2v) is 8.35. The maximum Gasteiger partial charge on any atom is 0.416 e. The molecule has 0 bridgehead atoms. The van der Waals surface area contributed by atoms with Crippen LogP contribution in [0, 0.1) is 6.92 Å². The summed E-state index contributed by atoms with van der Waals surface area (Å²) in [6.07, 6.45) is 2.67. The first kappa shape index (κ1) is 20.5. The number of nitrogens with zero attached hydrogens (tertiary/aromatic N) is 4. The van der Waals surface area contributed by atoms with Crippen molar-refractivity contribution in [3.05, 3.63) is 52.3 Å². The van der Waals surface area contributed by atoms with Gasteiger partial charge in [0.2, 0.25) is 5.13 Å². The van der Waals surface area contributed by atoms with Gasteiger partial charge >= 0.3 is 6.18 Å². The fourth-order valence-electron chi connectivity index (χ4n) is 3.67. The van der Waals surface area contributed by atoms with Gasteiger partial charge < -0.3 is 0 Å². The van der Waals surface area contributed by atoms with E-state index in [9.17, 15) is 18.0 Å². The molecule has 6 nitrogen and oxygen atoms in total. The Morgan fingerprint density at radius 1 is 1.20 bits per heavy atom. The summed E-state index contributed by atoms with van der Waals surface area (Å²) in [6, 6.07) is 4.82. The Kier molecular flexibility index (Phi) is 5.59. The lowest BCUT2D eigenvalue weighted by Gasteiger charge is -2.18. The van der Waals surface area contributed by atoms with Crippen molar-refractivity contribution in [1.82, 2.24) is 20.0 Å². The molecule has 1 aromatic carbocycles. The number of rotatable bonds is 4. The lowest BCUT2D eigenvalue weighted by molar-refractivity contribution is -0.137. The van der Waals surface area contributed by atoms with Crippen LogP contribution in [0.15, 0.2) is 30.5 Å². The van der Waals surface area contributed by atoms with E-state index >= 15 is 0 Å². The van der Waals surface area contributed by atoms with Gasteiger partial charge in [-0.2, -0.15) is 18.3 Å². The molecular weight excluding hydrogens is 415 g/mol. The Labute approximate surface area is 175 Å². The van der Waals surface area contributed by atoms with Gasteiger partial charge in [0.05, 0.1) is 28.7 Å². The molecule has 2 aromatic heterocycles. The molecule has 1 N–H and O–H groups in total. The Balaban J connectivity index is 1.51. The second-order valence-electron chi connectivity index (χ2n) is 7.34. The third-order valence-corrected chi connectivity index (χ3v) is 6.29. The van der Waals surface area contributed by atoms with Crippen molar-refractivity contribution in [3.63, 3.8) is 0 Å². The highest BCUT2D eigenvalue weighted by Gasteiger charge is 2.31. The fraction of sp³-hybridized carbons (Fsp3) is 0.400. The van der Waals surface area contributed by atoms with Crippen LogP contribution >= 0.6 is 11.3 Å². The first-order chi connectivity index (χ1) is 14.3. The van der Waals surface area contributed by atoms with E-state index in [2.05, 4.69) is 20.6 Å². The third kappa shape index (κ3) is 4.23. The Hall–Kier alpha value is -2.75. The SMILES string of the molecule is Cc1c(C(=O)Nc2nnc(C3CCCCC3)s2)cnn1-c1cccc(C(F)(F)F)c1. The summed E-state index contributed by atoms with van der Waals surface area (Å²) in [5, 5.41) is 16.5. The zero-order chi connectivity index (χ0) is 21.3. The van der Waals surface area contributed by atoms with Crippen molar-refractivity contribution in [2.75, 3.05) is 5.32 Å². The van der Waals surface area contributed by atoms with Crippen molar-refractivity contribution >= 4 is 22.4 Å². The summed E-state index contributed by atoms with van der Waals surface area (Å²) in [4.78, 5) is 12.7. The number of carbonyl (C=O) groups is 1. The van der Waals surface area contributed by atoms with Gasteiger partial charge in [-0.3, -0.25) is 10.1 Å². The molecule has 0 saturated heterocycles. The molecule has 1 aliphatic rings. The number of halogens is 3. The smallest absolute Gasteiger partial charge is 0.296 e. The van der Waals surface area contributed by atoms with Gasteiger partial charge in [-0.15, -0.1) is 10.2 Å². The number of benzene rings is 1. The van der Waals surface area contributed by atoms with E-state index in [0.717, 1.165) is 30.0 Å². The first-order valence-electron chi connectivity index (χ1n) is 9.70. The zero-order valence-corrected chi connectivity index (χ0v) is 17.1. The average molecular weight is 435 g/mol. The summed E-state index contributed by atoms with van der Waals surface area (Å²) in [6.45, 7) is 1.63. The van der Waals surface area contributed by atoms with E-state index in [1.807, 2.05) is 0 Å². The maximum absolute atomic E-state index is 13.0.